The van der Waals surface area contributed by atoms with Crippen molar-refractivity contribution in [2.45, 2.75) is 6.92 Å². The first-order valence-corrected chi connectivity index (χ1v) is 5.46. The van der Waals surface area contributed by atoms with Crippen molar-refractivity contribution in [3.63, 3.8) is 0 Å². The summed E-state index contributed by atoms with van der Waals surface area (Å²) < 4.78 is 27.6. The van der Waals surface area contributed by atoms with Crippen LogP contribution < -0.4 is 5.56 Å². The number of aryl methyl sites for hydroxylation is 1. The molecule has 94 valence electrons. The topological polar surface area (TPSA) is 61.1 Å². The van der Waals surface area contributed by atoms with Crippen LogP contribution in [0.15, 0.2) is 23.0 Å². The number of imidazole rings is 1. The standard InChI is InChI=1S/C13H7F2N3O/c1-6-2-12(19)18-11-4-9(15)8(14)3-10(11)17-13(18)7(6)5-16/h2-4,17H,1H3. The number of aromatic nitrogens is 2. The van der Waals surface area contributed by atoms with Gasteiger partial charge in [-0.05, 0) is 12.5 Å². The van der Waals surface area contributed by atoms with Gasteiger partial charge in [0.15, 0.2) is 11.6 Å². The second-order valence-electron chi connectivity index (χ2n) is 4.24. The molecule has 0 bridgehead atoms. The van der Waals surface area contributed by atoms with Gasteiger partial charge < -0.3 is 4.98 Å². The Balaban J connectivity index is 2.66. The smallest absolute Gasteiger partial charge is 0.257 e. The number of pyridine rings is 1. The molecule has 0 radical (unpaired) electrons. The predicted molar refractivity (Wildman–Crippen MR) is 64.9 cm³/mol. The summed E-state index contributed by atoms with van der Waals surface area (Å²) >= 11 is 0. The van der Waals surface area contributed by atoms with Crippen LogP contribution >= 0.6 is 0 Å². The van der Waals surface area contributed by atoms with Gasteiger partial charge in [-0.15, -0.1) is 0 Å². The number of fused-ring (bicyclic) bond motifs is 3. The first kappa shape index (κ1) is 11.4. The van der Waals surface area contributed by atoms with Crippen molar-refractivity contribution in [1.82, 2.24) is 9.38 Å². The summed E-state index contributed by atoms with van der Waals surface area (Å²) in [5.41, 5.74) is 1.10. The second-order valence-corrected chi connectivity index (χ2v) is 4.24. The van der Waals surface area contributed by atoms with Crippen LogP contribution in [-0.2, 0) is 0 Å². The van der Waals surface area contributed by atoms with E-state index >= 15 is 0 Å². The Labute approximate surface area is 105 Å². The lowest BCUT2D eigenvalue weighted by atomic mass is 10.2. The van der Waals surface area contributed by atoms with Crippen LogP contribution in [0.25, 0.3) is 16.7 Å². The van der Waals surface area contributed by atoms with Gasteiger partial charge in [-0.2, -0.15) is 5.26 Å². The predicted octanol–water partition coefficient (Wildman–Crippen LogP) is 2.24. The molecule has 4 nitrogen and oxygen atoms in total. The van der Waals surface area contributed by atoms with E-state index in [0.29, 0.717) is 5.56 Å². The number of aromatic amines is 1. The highest BCUT2D eigenvalue weighted by Gasteiger charge is 2.14. The van der Waals surface area contributed by atoms with E-state index < -0.39 is 17.2 Å². The summed E-state index contributed by atoms with van der Waals surface area (Å²) in [7, 11) is 0. The fourth-order valence-electron chi connectivity index (χ4n) is 2.18. The molecular weight excluding hydrogens is 252 g/mol. The lowest BCUT2D eigenvalue weighted by Gasteiger charge is -1.99. The van der Waals surface area contributed by atoms with Gasteiger partial charge in [0.05, 0.1) is 16.6 Å². The van der Waals surface area contributed by atoms with Gasteiger partial charge >= 0.3 is 0 Å². The molecule has 3 rings (SSSR count). The van der Waals surface area contributed by atoms with Crippen LogP contribution in [-0.4, -0.2) is 9.38 Å². The molecule has 6 heteroatoms. The Morgan fingerprint density at radius 2 is 1.95 bits per heavy atom. The molecule has 2 heterocycles. The van der Waals surface area contributed by atoms with E-state index in [4.69, 9.17) is 5.26 Å². The van der Waals surface area contributed by atoms with Crippen LogP contribution in [0.5, 0.6) is 0 Å². The highest BCUT2D eigenvalue weighted by atomic mass is 19.2. The van der Waals surface area contributed by atoms with Gasteiger partial charge in [0.2, 0.25) is 0 Å². The number of nitrogens with zero attached hydrogens (tertiary/aromatic N) is 2. The van der Waals surface area contributed by atoms with Crippen LogP contribution in [0.4, 0.5) is 8.78 Å². The molecular formula is C13H7F2N3O. The number of H-pyrrole nitrogens is 1. The van der Waals surface area contributed by atoms with Crippen LogP contribution in [0, 0.1) is 29.9 Å². The van der Waals surface area contributed by atoms with Crippen molar-refractivity contribution in [3.8, 4) is 6.07 Å². The van der Waals surface area contributed by atoms with E-state index in [-0.39, 0.29) is 22.2 Å². The van der Waals surface area contributed by atoms with E-state index in [9.17, 15) is 13.6 Å². The molecule has 0 amide bonds. The average Bonchev–Trinajstić information content (AvgIpc) is 2.68. The summed E-state index contributed by atoms with van der Waals surface area (Å²) in [6.45, 7) is 1.63. The van der Waals surface area contributed by atoms with Gasteiger partial charge in [0.25, 0.3) is 5.56 Å². The molecule has 0 atom stereocenters. The molecule has 0 aliphatic heterocycles. The highest BCUT2D eigenvalue weighted by molar-refractivity contribution is 5.82. The normalized spacial score (nSPS) is 11.1. The molecule has 0 saturated carbocycles. The minimum Gasteiger partial charge on any atom is -0.338 e. The molecule has 1 N–H and O–H groups in total. The Morgan fingerprint density at radius 1 is 1.26 bits per heavy atom. The molecule has 0 spiro atoms. The van der Waals surface area contributed by atoms with Crippen molar-refractivity contribution in [3.05, 3.63) is 51.3 Å². The quantitative estimate of drug-likeness (QED) is 0.673. The van der Waals surface area contributed by atoms with Crippen LogP contribution in [0.2, 0.25) is 0 Å². The number of halogens is 2. The Bertz CT molecular complexity index is 931. The van der Waals surface area contributed by atoms with Crippen LogP contribution in [0.3, 0.4) is 0 Å². The monoisotopic (exact) mass is 259 g/mol. The summed E-state index contributed by atoms with van der Waals surface area (Å²) in [5.74, 6) is -2.05. The molecule has 0 unspecified atom stereocenters. The van der Waals surface area contributed by atoms with Gasteiger partial charge in [-0.25, -0.2) is 8.78 Å². The van der Waals surface area contributed by atoms with E-state index in [2.05, 4.69) is 4.98 Å². The number of hydrogen-bond acceptors (Lipinski definition) is 2. The molecule has 0 aliphatic rings. The van der Waals surface area contributed by atoms with Crippen molar-refractivity contribution >= 4 is 16.7 Å². The first-order valence-electron chi connectivity index (χ1n) is 5.46. The zero-order chi connectivity index (χ0) is 13.7. The zero-order valence-electron chi connectivity index (χ0n) is 9.79. The Morgan fingerprint density at radius 3 is 2.63 bits per heavy atom. The van der Waals surface area contributed by atoms with Crippen LogP contribution in [0.1, 0.15) is 11.1 Å². The number of nitrogens with one attached hydrogen (secondary N) is 1. The zero-order valence-corrected chi connectivity index (χ0v) is 9.79. The van der Waals surface area contributed by atoms with Gasteiger partial charge in [-0.3, -0.25) is 9.20 Å². The van der Waals surface area contributed by atoms with E-state index in [0.717, 1.165) is 12.1 Å². The van der Waals surface area contributed by atoms with Gasteiger partial charge in [-0.1, -0.05) is 0 Å². The molecule has 2 aromatic heterocycles. The van der Waals surface area contributed by atoms with E-state index in [1.54, 1.807) is 6.92 Å². The SMILES string of the molecule is Cc1cc(=O)n2c([nH]c3cc(F)c(F)cc32)c1C#N. The van der Waals surface area contributed by atoms with Crippen molar-refractivity contribution in [2.24, 2.45) is 0 Å². The minimum atomic E-state index is -1.04. The highest BCUT2D eigenvalue weighted by Crippen LogP contribution is 2.21. The van der Waals surface area contributed by atoms with Crippen molar-refractivity contribution in [1.29, 1.82) is 5.26 Å². The fraction of sp³-hybridized carbons (Fsp3) is 0.0769. The first-order chi connectivity index (χ1) is 9.02. The summed E-state index contributed by atoms with van der Waals surface area (Å²) in [6.07, 6.45) is 0. The maximum Gasteiger partial charge on any atom is 0.257 e. The summed E-state index contributed by atoms with van der Waals surface area (Å²) in [5, 5.41) is 9.11. The minimum absolute atomic E-state index is 0.204. The Kier molecular flexibility index (Phi) is 2.20. The molecule has 0 fully saturated rings. The molecule has 19 heavy (non-hydrogen) atoms. The number of nitriles is 1. The third kappa shape index (κ3) is 1.45. The largest absolute Gasteiger partial charge is 0.338 e. The third-order valence-corrected chi connectivity index (χ3v) is 3.06. The third-order valence-electron chi connectivity index (χ3n) is 3.06. The molecule has 1 aromatic carbocycles. The van der Waals surface area contributed by atoms with Crippen molar-refractivity contribution in [2.75, 3.05) is 0 Å². The van der Waals surface area contributed by atoms with E-state index in [1.165, 1.54) is 10.5 Å². The number of hydrogen-bond donors (Lipinski definition) is 1. The molecule has 0 aliphatic carbocycles. The average molecular weight is 259 g/mol. The molecule has 0 saturated heterocycles. The number of rotatable bonds is 0. The lowest BCUT2D eigenvalue weighted by Crippen LogP contribution is -2.13. The maximum absolute atomic E-state index is 13.3. The summed E-state index contributed by atoms with van der Waals surface area (Å²) in [4.78, 5) is 14.7. The lowest BCUT2D eigenvalue weighted by molar-refractivity contribution is 0.510. The van der Waals surface area contributed by atoms with Gasteiger partial charge in [0.1, 0.15) is 11.7 Å². The van der Waals surface area contributed by atoms with Gasteiger partial charge in [0, 0.05) is 18.2 Å². The Hall–Kier alpha value is -2.68. The molecule has 3 aromatic rings. The summed E-state index contributed by atoms with van der Waals surface area (Å²) in [6, 6.07) is 5.17. The van der Waals surface area contributed by atoms with Crippen molar-refractivity contribution < 1.29 is 8.78 Å². The fourth-order valence-corrected chi connectivity index (χ4v) is 2.18. The van der Waals surface area contributed by atoms with E-state index in [1.807, 2.05) is 6.07 Å². The number of benzene rings is 1. The maximum atomic E-state index is 13.3. The second kappa shape index (κ2) is 3.65.